The molecule has 0 atom stereocenters. The first-order valence-corrected chi connectivity index (χ1v) is 39.5. The Bertz CT molecular complexity index is 6200. The predicted molar refractivity (Wildman–Crippen MR) is 462 cm³/mol. The zero-order chi connectivity index (χ0) is 75.3. The first-order chi connectivity index (χ1) is 53.8. The summed E-state index contributed by atoms with van der Waals surface area (Å²) in [5, 5.41) is 27.4. The summed E-state index contributed by atoms with van der Waals surface area (Å²) in [5.74, 6) is 0. The van der Waals surface area contributed by atoms with Gasteiger partial charge in [0.2, 0.25) is 0 Å². The van der Waals surface area contributed by atoms with Crippen LogP contribution in [-0.2, 0) is 0 Å². The zero-order valence-corrected chi connectivity index (χ0v) is 60.5. The minimum absolute atomic E-state index is 0.0603. The van der Waals surface area contributed by atoms with Crippen molar-refractivity contribution in [1.82, 2.24) is 0 Å². The first-order valence-electron chi connectivity index (χ1n) is 38.0. The second-order valence-corrected chi connectivity index (χ2v) is 32.3. The van der Waals surface area contributed by atoms with Crippen LogP contribution in [0, 0.1) is 0 Å². The number of para-hydroxylation sites is 2. The average molecular weight is 1380 g/mol. The van der Waals surface area contributed by atoms with Gasteiger partial charge in [-0.3, -0.25) is 0 Å². The van der Waals surface area contributed by atoms with Gasteiger partial charge in [-0.2, -0.15) is 0 Å². The smallest absolute Gasteiger partial charge is 0.0775 e. The number of hydrogen-bond donors (Lipinski definition) is 4. The van der Waals surface area contributed by atoms with Gasteiger partial charge in [-0.1, -0.05) is 346 Å². The molecule has 4 N–H and O–H groups in total. The van der Waals surface area contributed by atoms with E-state index in [9.17, 15) is 0 Å². The molecule has 0 unspecified atom stereocenters. The van der Waals surface area contributed by atoms with E-state index >= 15 is 0 Å². The number of rotatable bonds is 14. The van der Waals surface area contributed by atoms with Gasteiger partial charge in [0, 0.05) is 61.8 Å². The summed E-state index contributed by atoms with van der Waals surface area (Å²) in [6, 6.07) is 136. The van der Waals surface area contributed by atoms with Crippen molar-refractivity contribution in [3.63, 3.8) is 0 Å². The molecule has 0 aromatic heterocycles. The third-order valence-electron chi connectivity index (χ3n) is 19.0. The van der Waals surface area contributed by atoms with Gasteiger partial charge in [0.1, 0.15) is 0 Å². The van der Waals surface area contributed by atoms with E-state index in [1.165, 1.54) is 81.7 Å². The second-order valence-electron chi connectivity index (χ2n) is 27.3. The van der Waals surface area contributed by atoms with Gasteiger partial charge in [-0.15, -0.1) is 0 Å². The lowest BCUT2D eigenvalue weighted by Gasteiger charge is -2.17. The third kappa shape index (κ3) is 16.6. The van der Waals surface area contributed by atoms with Crippen LogP contribution in [0.15, 0.2) is 418 Å². The molecule has 18 aromatic carbocycles. The largest absolute Gasteiger partial charge is 0.356 e. The standard InChI is InChI=1S/C28H21N.C26H19N.C25H25NSi.C22H17N/c1-3-9-21(10-4-1)22-15-17-24(18-16-22)29-28-20-19-25(23-11-5-2-6-12-23)26-13-7-8-14-27(26)28;1-2-10-22(11-3-1)27-26-17-16-23(24-12-6-7-13-25(24)26)21-15-14-19-8-4-5-9-20(19)18-21;1-27(2,3)25-15-13-23(14-16-25)26-24-12-11-21-17-20(9-10-22(21)18-24)19-7-5-4-6-8-19;1-3-9-17(10-4-1)21-15-18-11-7-8-12-19(18)16-22(21)23-20-13-5-2-6-14-20/h1-20,29H;1-18,27H;4-18,26H,1-3H3;1-16,23H/i15D,16D,17D,18D;;;. The molecular weight excluding hydrogens is 1300 g/mol. The maximum Gasteiger partial charge on any atom is 0.0775 e. The third-order valence-corrected chi connectivity index (χ3v) is 21.1. The number of fused-ring (bicyclic) bond motifs is 5. The Labute approximate surface area is 629 Å². The van der Waals surface area contributed by atoms with Gasteiger partial charge in [0.25, 0.3) is 0 Å². The number of nitrogens with one attached hydrogen (secondary N) is 4. The van der Waals surface area contributed by atoms with Crippen LogP contribution in [0.3, 0.4) is 0 Å². The molecule has 18 rings (SSSR count). The van der Waals surface area contributed by atoms with Crippen LogP contribution in [0.5, 0.6) is 0 Å². The minimum atomic E-state index is -1.25. The minimum Gasteiger partial charge on any atom is -0.356 e. The molecule has 0 heterocycles. The molecule has 4 nitrogen and oxygen atoms in total. The maximum atomic E-state index is 8.60. The van der Waals surface area contributed by atoms with Gasteiger partial charge in [0.05, 0.1) is 13.6 Å². The fraction of sp³-hybridized carbons (Fsp3) is 0.0297. The maximum absolute atomic E-state index is 8.60. The molecule has 0 bridgehead atoms. The van der Waals surface area contributed by atoms with E-state index in [1.54, 1.807) is 12.1 Å². The Kier molecular flexibility index (Phi) is 19.4. The van der Waals surface area contributed by atoms with E-state index in [-0.39, 0.29) is 29.9 Å². The monoisotopic (exact) mass is 1380 g/mol. The van der Waals surface area contributed by atoms with Crippen molar-refractivity contribution < 1.29 is 5.48 Å². The predicted octanol–water partition coefficient (Wildman–Crippen LogP) is 28.4. The van der Waals surface area contributed by atoms with E-state index in [4.69, 9.17) is 5.48 Å². The Hall–Kier alpha value is -13.3. The summed E-state index contributed by atoms with van der Waals surface area (Å²) in [6.07, 6.45) is 0. The molecule has 5 heteroatoms. The van der Waals surface area contributed by atoms with Gasteiger partial charge < -0.3 is 21.3 Å². The highest BCUT2D eigenvalue weighted by atomic mass is 28.3. The molecule has 0 amide bonds. The van der Waals surface area contributed by atoms with Crippen molar-refractivity contribution in [2.75, 3.05) is 21.3 Å². The molecule has 0 radical (unpaired) electrons. The van der Waals surface area contributed by atoms with Gasteiger partial charge in [-0.05, 0) is 190 Å². The summed E-state index contributed by atoms with van der Waals surface area (Å²) >= 11 is 0. The summed E-state index contributed by atoms with van der Waals surface area (Å²) < 4.78 is 34.3. The molecular formula is C101H82N4Si. The summed E-state index contributed by atoms with van der Waals surface area (Å²) in [6.45, 7) is 7.13. The molecule has 0 aliphatic rings. The molecule has 0 saturated carbocycles. The number of benzene rings is 18. The normalized spacial score (nSPS) is 11.5. The summed E-state index contributed by atoms with van der Waals surface area (Å²) in [5.41, 5.74) is 18.2. The highest BCUT2D eigenvalue weighted by molar-refractivity contribution is 6.88. The Morgan fingerprint density at radius 2 is 0.557 bits per heavy atom. The van der Waals surface area contributed by atoms with Crippen LogP contribution in [0.2, 0.25) is 19.6 Å². The fourth-order valence-electron chi connectivity index (χ4n) is 13.5. The topological polar surface area (TPSA) is 48.1 Å². The summed E-state index contributed by atoms with van der Waals surface area (Å²) in [4.78, 5) is 0. The van der Waals surface area contributed by atoms with E-state index in [0.717, 1.165) is 61.7 Å². The van der Waals surface area contributed by atoms with Crippen LogP contribution in [0.1, 0.15) is 5.48 Å². The lowest BCUT2D eigenvalue weighted by Crippen LogP contribution is -2.37. The van der Waals surface area contributed by atoms with E-state index < -0.39 is 8.07 Å². The fourth-order valence-corrected chi connectivity index (χ4v) is 14.6. The van der Waals surface area contributed by atoms with Crippen LogP contribution in [0.25, 0.3) is 109 Å². The zero-order valence-electron chi connectivity index (χ0n) is 63.5. The quantitative estimate of drug-likeness (QED) is 0.0820. The van der Waals surface area contributed by atoms with Crippen molar-refractivity contribution in [1.29, 1.82) is 0 Å². The van der Waals surface area contributed by atoms with Gasteiger partial charge in [0.15, 0.2) is 0 Å². The van der Waals surface area contributed by atoms with Crippen molar-refractivity contribution in [3.8, 4) is 55.6 Å². The number of hydrogen-bond acceptors (Lipinski definition) is 4. The van der Waals surface area contributed by atoms with Crippen molar-refractivity contribution >= 4 is 113 Å². The summed E-state index contributed by atoms with van der Waals surface area (Å²) in [7, 11) is -1.25. The van der Waals surface area contributed by atoms with Crippen LogP contribution in [0.4, 0.5) is 45.5 Å². The van der Waals surface area contributed by atoms with Crippen LogP contribution in [-0.4, -0.2) is 8.07 Å². The van der Waals surface area contributed by atoms with E-state index in [2.05, 4.69) is 320 Å². The molecule has 18 aromatic rings. The molecule has 0 spiro atoms. The highest BCUT2D eigenvalue weighted by Gasteiger charge is 2.17. The highest BCUT2D eigenvalue weighted by Crippen LogP contribution is 2.39. The van der Waals surface area contributed by atoms with Crippen LogP contribution >= 0.6 is 0 Å². The number of anilines is 8. The van der Waals surface area contributed by atoms with Gasteiger partial charge >= 0.3 is 0 Å². The van der Waals surface area contributed by atoms with E-state index in [0.29, 0.717) is 11.1 Å². The molecule has 0 aliphatic carbocycles. The van der Waals surface area contributed by atoms with Crippen molar-refractivity contribution in [3.05, 3.63) is 418 Å². The van der Waals surface area contributed by atoms with Gasteiger partial charge in [-0.25, -0.2) is 0 Å². The Morgan fingerprint density at radius 1 is 0.198 bits per heavy atom. The average Bonchev–Trinajstić information content (AvgIpc) is 0.743. The molecule has 510 valence electrons. The first kappa shape index (κ1) is 63.6. The van der Waals surface area contributed by atoms with Crippen LogP contribution < -0.4 is 26.5 Å². The van der Waals surface area contributed by atoms with Crippen molar-refractivity contribution in [2.45, 2.75) is 19.6 Å². The lowest BCUT2D eigenvalue weighted by molar-refractivity contribution is 1.55. The van der Waals surface area contributed by atoms with Crippen molar-refractivity contribution in [2.24, 2.45) is 0 Å². The second kappa shape index (κ2) is 32.3. The van der Waals surface area contributed by atoms with E-state index in [1.807, 2.05) is 103 Å². The molecule has 106 heavy (non-hydrogen) atoms. The Balaban J connectivity index is 0.000000117. The molecule has 0 aliphatic heterocycles. The molecule has 0 saturated heterocycles. The Morgan fingerprint density at radius 3 is 1.10 bits per heavy atom. The molecule has 0 fully saturated rings. The SMILES string of the molecule is C[Si](C)(C)c1ccc(Nc2ccc3cc(-c4ccccc4)ccc3c2)cc1.[2H]c1c([2H])c(-c2ccccc2)c([2H])c([2H])c1Nc1ccc(-c2ccccc2)c2ccccc12.c1ccc(Nc2cc3ccccc3cc2-c2ccccc2)cc1.c1ccc(Nc2ccc(-c3ccc4ccccc4c3)c3ccccc23)cc1. The lowest BCUT2D eigenvalue weighted by atomic mass is 9.95.